The predicted octanol–water partition coefficient (Wildman–Crippen LogP) is 4.14. The number of benzene rings is 2. The van der Waals surface area contributed by atoms with Gasteiger partial charge >= 0.3 is 0 Å². The Morgan fingerprint density at radius 3 is 2.35 bits per heavy atom. The number of piperidine rings is 1. The monoisotopic (exact) mass is 351 g/mol. The molecule has 0 spiro atoms. The Hall–Kier alpha value is -2.49. The standard InChI is InChI=1S/C22H29N3O/c1-18(22(26)24(2)17-19-9-5-3-6-10-19)23-20-11-13-21(14-12-20)25-15-7-4-8-16-25/h3,5-6,9-14,18,23H,4,7-8,15-17H2,1-2H3/t18-/m0/s1. The fourth-order valence-electron chi connectivity index (χ4n) is 3.50. The van der Waals surface area contributed by atoms with E-state index in [0.29, 0.717) is 6.54 Å². The number of rotatable bonds is 6. The van der Waals surface area contributed by atoms with Gasteiger partial charge in [0.1, 0.15) is 6.04 Å². The van der Waals surface area contributed by atoms with Crippen molar-refractivity contribution in [1.82, 2.24) is 4.90 Å². The molecule has 1 amide bonds. The molecule has 1 aliphatic heterocycles. The van der Waals surface area contributed by atoms with Gasteiger partial charge in [-0.05, 0) is 56.0 Å². The molecule has 1 saturated heterocycles. The van der Waals surface area contributed by atoms with Crippen LogP contribution in [0.2, 0.25) is 0 Å². The summed E-state index contributed by atoms with van der Waals surface area (Å²) < 4.78 is 0. The number of likely N-dealkylation sites (N-methyl/N-ethyl adjacent to an activating group) is 1. The van der Waals surface area contributed by atoms with Crippen molar-refractivity contribution in [3.05, 3.63) is 60.2 Å². The molecule has 4 nitrogen and oxygen atoms in total. The molecule has 26 heavy (non-hydrogen) atoms. The van der Waals surface area contributed by atoms with Crippen molar-refractivity contribution in [3.63, 3.8) is 0 Å². The van der Waals surface area contributed by atoms with Gasteiger partial charge in [-0.3, -0.25) is 4.79 Å². The van der Waals surface area contributed by atoms with E-state index in [4.69, 9.17) is 0 Å². The minimum Gasteiger partial charge on any atom is -0.374 e. The molecule has 1 heterocycles. The van der Waals surface area contributed by atoms with Crippen molar-refractivity contribution < 1.29 is 4.79 Å². The van der Waals surface area contributed by atoms with E-state index in [0.717, 1.165) is 24.3 Å². The van der Waals surface area contributed by atoms with Gasteiger partial charge in [0.25, 0.3) is 0 Å². The number of nitrogens with one attached hydrogen (secondary N) is 1. The highest BCUT2D eigenvalue weighted by Gasteiger charge is 2.18. The zero-order chi connectivity index (χ0) is 18.4. The number of amides is 1. The largest absolute Gasteiger partial charge is 0.374 e. The van der Waals surface area contributed by atoms with E-state index in [1.807, 2.05) is 44.3 Å². The molecule has 1 aliphatic rings. The Morgan fingerprint density at radius 1 is 1.04 bits per heavy atom. The highest BCUT2D eigenvalue weighted by atomic mass is 16.2. The van der Waals surface area contributed by atoms with E-state index in [1.54, 1.807) is 4.90 Å². The van der Waals surface area contributed by atoms with E-state index < -0.39 is 0 Å². The summed E-state index contributed by atoms with van der Waals surface area (Å²) in [5.74, 6) is 0.0916. The lowest BCUT2D eigenvalue weighted by molar-refractivity contribution is -0.130. The molecule has 2 aromatic rings. The van der Waals surface area contributed by atoms with Gasteiger partial charge in [0.05, 0.1) is 0 Å². The van der Waals surface area contributed by atoms with Gasteiger partial charge in [-0.1, -0.05) is 30.3 Å². The maximum atomic E-state index is 12.6. The normalized spacial score (nSPS) is 15.4. The first-order chi connectivity index (χ1) is 12.6. The third-order valence-corrected chi connectivity index (χ3v) is 4.98. The number of nitrogens with zero attached hydrogens (tertiary/aromatic N) is 2. The van der Waals surface area contributed by atoms with Crippen molar-refractivity contribution in [2.45, 2.75) is 38.8 Å². The topological polar surface area (TPSA) is 35.6 Å². The second-order valence-corrected chi connectivity index (χ2v) is 7.14. The molecule has 2 aromatic carbocycles. The molecule has 1 atom stereocenters. The predicted molar refractivity (Wildman–Crippen MR) is 109 cm³/mol. The van der Waals surface area contributed by atoms with Crippen molar-refractivity contribution >= 4 is 17.3 Å². The summed E-state index contributed by atoms with van der Waals surface area (Å²) in [7, 11) is 1.85. The summed E-state index contributed by atoms with van der Waals surface area (Å²) in [6.45, 7) is 4.83. The summed E-state index contributed by atoms with van der Waals surface area (Å²) in [4.78, 5) is 16.8. The average molecular weight is 351 g/mol. The fraction of sp³-hybridized carbons (Fsp3) is 0.409. The maximum Gasteiger partial charge on any atom is 0.244 e. The maximum absolute atomic E-state index is 12.6. The molecule has 0 unspecified atom stereocenters. The fourth-order valence-corrected chi connectivity index (χ4v) is 3.50. The minimum absolute atomic E-state index is 0.0916. The van der Waals surface area contributed by atoms with Gasteiger partial charge < -0.3 is 15.1 Å². The molecule has 1 N–H and O–H groups in total. The number of hydrogen-bond acceptors (Lipinski definition) is 3. The Bertz CT molecular complexity index is 693. The third-order valence-electron chi connectivity index (χ3n) is 4.98. The zero-order valence-corrected chi connectivity index (χ0v) is 15.8. The van der Waals surface area contributed by atoms with Gasteiger partial charge in [0.15, 0.2) is 0 Å². The van der Waals surface area contributed by atoms with Gasteiger partial charge in [-0.15, -0.1) is 0 Å². The first-order valence-corrected chi connectivity index (χ1v) is 9.54. The second-order valence-electron chi connectivity index (χ2n) is 7.14. The smallest absolute Gasteiger partial charge is 0.244 e. The van der Waals surface area contributed by atoms with Crippen LogP contribution in [0.15, 0.2) is 54.6 Å². The third kappa shape index (κ3) is 4.78. The molecule has 0 saturated carbocycles. The minimum atomic E-state index is -0.260. The Kier molecular flexibility index (Phi) is 6.16. The average Bonchev–Trinajstić information content (AvgIpc) is 2.69. The Labute approximate surface area is 156 Å². The molecule has 0 aliphatic carbocycles. The highest BCUT2D eigenvalue weighted by molar-refractivity contribution is 5.84. The molecule has 0 bridgehead atoms. The summed E-state index contributed by atoms with van der Waals surface area (Å²) >= 11 is 0. The van der Waals surface area contributed by atoms with Crippen LogP contribution in [0, 0.1) is 0 Å². The molecule has 138 valence electrons. The van der Waals surface area contributed by atoms with Crippen molar-refractivity contribution in [2.24, 2.45) is 0 Å². The van der Waals surface area contributed by atoms with Crippen molar-refractivity contribution in [1.29, 1.82) is 0 Å². The Morgan fingerprint density at radius 2 is 1.69 bits per heavy atom. The lowest BCUT2D eigenvalue weighted by atomic mass is 10.1. The molecule has 3 rings (SSSR count). The van der Waals surface area contributed by atoms with Gasteiger partial charge in [0.2, 0.25) is 5.91 Å². The van der Waals surface area contributed by atoms with Crippen LogP contribution in [0.1, 0.15) is 31.7 Å². The summed E-state index contributed by atoms with van der Waals surface area (Å²) in [6, 6.07) is 18.3. The van der Waals surface area contributed by atoms with E-state index in [9.17, 15) is 4.79 Å². The van der Waals surface area contributed by atoms with Gasteiger partial charge in [-0.2, -0.15) is 0 Å². The van der Waals surface area contributed by atoms with E-state index in [1.165, 1.54) is 24.9 Å². The lowest BCUT2D eigenvalue weighted by Crippen LogP contribution is -2.38. The lowest BCUT2D eigenvalue weighted by Gasteiger charge is -2.29. The van der Waals surface area contributed by atoms with E-state index >= 15 is 0 Å². The van der Waals surface area contributed by atoms with Crippen LogP contribution in [0.5, 0.6) is 0 Å². The van der Waals surface area contributed by atoms with E-state index in [2.05, 4.69) is 34.5 Å². The van der Waals surface area contributed by atoms with Crippen LogP contribution < -0.4 is 10.2 Å². The zero-order valence-electron chi connectivity index (χ0n) is 15.8. The van der Waals surface area contributed by atoms with Crippen LogP contribution in [0.25, 0.3) is 0 Å². The van der Waals surface area contributed by atoms with Crippen LogP contribution >= 0.6 is 0 Å². The Balaban J connectivity index is 1.54. The summed E-state index contributed by atoms with van der Waals surface area (Å²) in [5, 5.41) is 3.33. The SMILES string of the molecule is C[C@H](Nc1ccc(N2CCCCC2)cc1)C(=O)N(C)Cc1ccccc1. The quantitative estimate of drug-likeness (QED) is 0.850. The van der Waals surface area contributed by atoms with Gasteiger partial charge in [-0.25, -0.2) is 0 Å². The van der Waals surface area contributed by atoms with E-state index in [-0.39, 0.29) is 11.9 Å². The first kappa shape index (κ1) is 18.3. The number of hydrogen-bond donors (Lipinski definition) is 1. The first-order valence-electron chi connectivity index (χ1n) is 9.54. The molecule has 0 aromatic heterocycles. The van der Waals surface area contributed by atoms with Crippen LogP contribution in [0.3, 0.4) is 0 Å². The van der Waals surface area contributed by atoms with Crippen LogP contribution in [-0.2, 0) is 11.3 Å². The summed E-state index contributed by atoms with van der Waals surface area (Å²) in [6.07, 6.45) is 3.89. The number of anilines is 2. The van der Waals surface area contributed by atoms with Crippen molar-refractivity contribution in [2.75, 3.05) is 30.4 Å². The van der Waals surface area contributed by atoms with Gasteiger partial charge in [0, 0.05) is 38.1 Å². The van der Waals surface area contributed by atoms with Crippen molar-refractivity contribution in [3.8, 4) is 0 Å². The second kappa shape index (κ2) is 8.75. The number of carbonyl (C=O) groups is 1. The highest BCUT2D eigenvalue weighted by Crippen LogP contribution is 2.22. The summed E-state index contributed by atoms with van der Waals surface area (Å²) in [5.41, 5.74) is 3.40. The number of carbonyl (C=O) groups excluding carboxylic acids is 1. The molecule has 4 heteroatoms. The molecule has 1 fully saturated rings. The molecular weight excluding hydrogens is 322 g/mol. The molecule has 0 radical (unpaired) electrons. The van der Waals surface area contributed by atoms with Crippen LogP contribution in [0.4, 0.5) is 11.4 Å². The molecular formula is C22H29N3O. The van der Waals surface area contributed by atoms with Crippen LogP contribution in [-0.4, -0.2) is 37.0 Å².